The van der Waals surface area contributed by atoms with E-state index in [4.69, 9.17) is 5.73 Å². The van der Waals surface area contributed by atoms with Crippen molar-refractivity contribution in [2.24, 2.45) is 11.7 Å². The van der Waals surface area contributed by atoms with Gasteiger partial charge in [-0.05, 0) is 35.8 Å². The van der Waals surface area contributed by atoms with Crippen LogP contribution < -0.4 is 5.73 Å². The van der Waals surface area contributed by atoms with Crippen molar-refractivity contribution in [2.75, 3.05) is 6.54 Å². The third kappa shape index (κ3) is 3.08. The monoisotopic (exact) mass is 233 g/mol. The Morgan fingerprint density at radius 3 is 2.65 bits per heavy atom. The Hall–Kier alpha value is -0.860. The zero-order valence-electron chi connectivity index (χ0n) is 10.6. The van der Waals surface area contributed by atoms with Gasteiger partial charge in [0, 0.05) is 6.54 Å². The van der Waals surface area contributed by atoms with Crippen molar-refractivity contribution >= 4 is 0 Å². The molecule has 0 amide bonds. The average Bonchev–Trinajstić information content (AvgIpc) is 2.39. The maximum Gasteiger partial charge on any atom is 0.0912 e. The van der Waals surface area contributed by atoms with Crippen LogP contribution in [0.25, 0.3) is 0 Å². The van der Waals surface area contributed by atoms with Gasteiger partial charge in [-0.25, -0.2) is 0 Å². The molecule has 1 saturated carbocycles. The van der Waals surface area contributed by atoms with Gasteiger partial charge in [-0.3, -0.25) is 0 Å². The Balaban J connectivity index is 2.10. The lowest BCUT2D eigenvalue weighted by Crippen LogP contribution is -2.13. The van der Waals surface area contributed by atoms with Crippen molar-refractivity contribution in [3.8, 4) is 0 Å². The molecule has 2 heteroatoms. The van der Waals surface area contributed by atoms with E-state index in [9.17, 15) is 5.11 Å². The smallest absolute Gasteiger partial charge is 0.0912 e. The van der Waals surface area contributed by atoms with E-state index in [-0.39, 0.29) is 0 Å². The van der Waals surface area contributed by atoms with E-state index in [1.807, 2.05) is 12.1 Å². The molecule has 0 aromatic heterocycles. The highest BCUT2D eigenvalue weighted by molar-refractivity contribution is 5.28. The zero-order valence-corrected chi connectivity index (χ0v) is 10.6. The minimum atomic E-state index is -0.516. The van der Waals surface area contributed by atoms with E-state index < -0.39 is 6.10 Å². The van der Waals surface area contributed by atoms with E-state index >= 15 is 0 Å². The van der Waals surface area contributed by atoms with Crippen molar-refractivity contribution < 1.29 is 5.11 Å². The van der Waals surface area contributed by atoms with Crippen LogP contribution in [-0.2, 0) is 0 Å². The molecular weight excluding hydrogens is 210 g/mol. The Kier molecular flexibility index (Phi) is 4.19. The Morgan fingerprint density at radius 1 is 1.29 bits per heavy atom. The molecule has 1 atom stereocenters. The quantitative estimate of drug-likeness (QED) is 0.843. The van der Waals surface area contributed by atoms with Gasteiger partial charge < -0.3 is 10.8 Å². The van der Waals surface area contributed by atoms with Crippen LogP contribution in [0, 0.1) is 5.92 Å². The van der Waals surface area contributed by atoms with Gasteiger partial charge in [0.1, 0.15) is 0 Å². The van der Waals surface area contributed by atoms with E-state index in [2.05, 4.69) is 19.1 Å². The molecule has 0 aliphatic heterocycles. The predicted molar refractivity (Wildman–Crippen MR) is 70.8 cm³/mol. The minimum Gasteiger partial charge on any atom is -0.387 e. The molecular formula is C15H23NO. The molecule has 1 unspecified atom stereocenters. The van der Waals surface area contributed by atoms with Gasteiger partial charge >= 0.3 is 0 Å². The largest absolute Gasteiger partial charge is 0.387 e. The molecule has 0 saturated heterocycles. The fourth-order valence-electron chi connectivity index (χ4n) is 2.75. The van der Waals surface area contributed by atoms with Gasteiger partial charge in [0.05, 0.1) is 6.10 Å². The first-order chi connectivity index (χ1) is 8.20. The summed E-state index contributed by atoms with van der Waals surface area (Å²) in [7, 11) is 0. The van der Waals surface area contributed by atoms with Crippen LogP contribution in [0.15, 0.2) is 24.3 Å². The van der Waals surface area contributed by atoms with Crippen molar-refractivity contribution in [3.63, 3.8) is 0 Å². The first kappa shape index (κ1) is 12.6. The molecule has 2 rings (SSSR count). The van der Waals surface area contributed by atoms with E-state index in [0.29, 0.717) is 12.5 Å². The average molecular weight is 233 g/mol. The molecule has 0 heterocycles. The van der Waals surface area contributed by atoms with Gasteiger partial charge in [-0.15, -0.1) is 0 Å². The van der Waals surface area contributed by atoms with Crippen molar-refractivity contribution in [1.29, 1.82) is 0 Å². The van der Waals surface area contributed by atoms with Gasteiger partial charge in [-0.1, -0.05) is 44.0 Å². The number of nitrogens with two attached hydrogens (primary N) is 1. The van der Waals surface area contributed by atoms with Crippen LogP contribution in [-0.4, -0.2) is 11.7 Å². The third-order valence-corrected chi connectivity index (χ3v) is 4.01. The Morgan fingerprint density at radius 2 is 2.00 bits per heavy atom. The lowest BCUT2D eigenvalue weighted by molar-refractivity contribution is 0.186. The van der Waals surface area contributed by atoms with Gasteiger partial charge in [0.15, 0.2) is 0 Å². The molecule has 1 aromatic rings. The lowest BCUT2D eigenvalue weighted by atomic mass is 9.79. The highest BCUT2D eigenvalue weighted by atomic mass is 16.3. The highest BCUT2D eigenvalue weighted by Crippen LogP contribution is 2.36. The third-order valence-electron chi connectivity index (χ3n) is 4.01. The fourth-order valence-corrected chi connectivity index (χ4v) is 2.75. The van der Waals surface area contributed by atoms with Crippen LogP contribution in [0.5, 0.6) is 0 Å². The summed E-state index contributed by atoms with van der Waals surface area (Å²) < 4.78 is 0. The summed E-state index contributed by atoms with van der Waals surface area (Å²) in [6.07, 6.45) is 4.70. The second-order valence-electron chi connectivity index (χ2n) is 5.38. The van der Waals surface area contributed by atoms with E-state index in [1.54, 1.807) is 0 Å². The van der Waals surface area contributed by atoms with Crippen molar-refractivity contribution in [3.05, 3.63) is 35.4 Å². The maximum absolute atomic E-state index is 9.77. The lowest BCUT2D eigenvalue weighted by Gasteiger charge is -2.27. The molecule has 2 nitrogen and oxygen atoms in total. The highest BCUT2D eigenvalue weighted by Gasteiger charge is 2.20. The summed E-state index contributed by atoms with van der Waals surface area (Å²) in [5.41, 5.74) is 7.84. The van der Waals surface area contributed by atoms with Crippen LogP contribution in [0.2, 0.25) is 0 Å². The molecule has 1 aromatic carbocycles. The molecule has 94 valence electrons. The molecule has 1 fully saturated rings. The van der Waals surface area contributed by atoms with Gasteiger partial charge in [-0.2, -0.15) is 0 Å². The molecule has 3 N–H and O–H groups in total. The number of aliphatic hydroxyl groups is 1. The molecule has 1 aliphatic carbocycles. The Labute approximate surface area is 104 Å². The summed E-state index contributed by atoms with van der Waals surface area (Å²) in [6.45, 7) is 2.63. The van der Waals surface area contributed by atoms with E-state index in [0.717, 1.165) is 11.5 Å². The van der Waals surface area contributed by atoms with Crippen molar-refractivity contribution in [1.82, 2.24) is 0 Å². The predicted octanol–water partition coefficient (Wildman–Crippen LogP) is 2.97. The summed E-state index contributed by atoms with van der Waals surface area (Å²) in [5.74, 6) is 1.56. The zero-order chi connectivity index (χ0) is 12.3. The molecule has 0 bridgehead atoms. The number of hydrogen-bond acceptors (Lipinski definition) is 2. The van der Waals surface area contributed by atoms with Crippen molar-refractivity contribution in [2.45, 2.75) is 44.6 Å². The Bertz CT molecular complexity index is 356. The van der Waals surface area contributed by atoms with Crippen LogP contribution in [0.4, 0.5) is 0 Å². The van der Waals surface area contributed by atoms with E-state index in [1.165, 1.54) is 31.2 Å². The maximum atomic E-state index is 9.77. The number of aliphatic hydroxyl groups excluding tert-OH is 1. The second-order valence-corrected chi connectivity index (χ2v) is 5.38. The number of hydrogen-bond donors (Lipinski definition) is 2. The molecule has 0 spiro atoms. The normalized spacial score (nSPS) is 26.8. The van der Waals surface area contributed by atoms with Crippen LogP contribution >= 0.6 is 0 Å². The van der Waals surface area contributed by atoms with Crippen LogP contribution in [0.3, 0.4) is 0 Å². The molecule has 1 aliphatic rings. The fraction of sp³-hybridized carbons (Fsp3) is 0.600. The second kappa shape index (κ2) is 5.65. The molecule has 0 radical (unpaired) electrons. The minimum absolute atomic E-state index is 0.297. The summed E-state index contributed by atoms with van der Waals surface area (Å²) in [5, 5.41) is 9.77. The number of benzene rings is 1. The van der Waals surface area contributed by atoms with Gasteiger partial charge in [0.25, 0.3) is 0 Å². The number of rotatable bonds is 3. The topological polar surface area (TPSA) is 46.2 Å². The first-order valence-electron chi connectivity index (χ1n) is 6.68. The van der Waals surface area contributed by atoms with Gasteiger partial charge in [0.2, 0.25) is 0 Å². The molecule has 17 heavy (non-hydrogen) atoms. The summed E-state index contributed by atoms with van der Waals surface area (Å²) in [6, 6.07) is 8.33. The first-order valence-corrected chi connectivity index (χ1v) is 6.68. The summed E-state index contributed by atoms with van der Waals surface area (Å²) in [4.78, 5) is 0. The van der Waals surface area contributed by atoms with Crippen LogP contribution in [0.1, 0.15) is 55.8 Å². The summed E-state index contributed by atoms with van der Waals surface area (Å²) >= 11 is 0. The SMILES string of the molecule is CC1CCC(c2cccc(C(O)CN)c2)CC1. The standard InChI is InChI=1S/C15H23NO/c1-11-5-7-12(8-6-11)13-3-2-4-14(9-13)15(17)10-16/h2-4,9,11-12,15,17H,5-8,10,16H2,1H3.